The van der Waals surface area contributed by atoms with Crippen LogP contribution in [-0.4, -0.2) is 16.7 Å². The molecule has 1 aromatic heterocycles. The number of rotatable bonds is 4. The summed E-state index contributed by atoms with van der Waals surface area (Å²) in [5.41, 5.74) is 4.34. The lowest BCUT2D eigenvalue weighted by Crippen LogP contribution is -2.31. The lowest BCUT2D eigenvalue weighted by molar-refractivity contribution is 0.0382. The molecule has 2 N–H and O–H groups in total. The molecule has 0 aliphatic heterocycles. The van der Waals surface area contributed by atoms with Gasteiger partial charge in [-0.25, -0.2) is 9.78 Å². The minimum absolute atomic E-state index is 0.583. The number of ether oxygens (including phenoxy) is 1. The minimum Gasteiger partial charge on any atom is -0.449 e. The van der Waals surface area contributed by atoms with E-state index in [1.165, 1.54) is 6.26 Å². The number of carbonyl (C=O) groups excluding carboxylic acids is 1. The summed E-state index contributed by atoms with van der Waals surface area (Å²) in [5, 5.41) is 0. The van der Waals surface area contributed by atoms with Gasteiger partial charge in [0.05, 0.1) is 6.20 Å². The summed E-state index contributed by atoms with van der Waals surface area (Å²) in [7, 11) is 0. The van der Waals surface area contributed by atoms with E-state index in [1.807, 2.05) is 0 Å². The predicted octanol–water partition coefficient (Wildman–Crippen LogP) is 1.48. The number of carbonyl (C=O) groups is 1. The molecule has 5 nitrogen and oxygen atoms in total. The summed E-state index contributed by atoms with van der Waals surface area (Å²) in [6, 6.07) is 0. The summed E-state index contributed by atoms with van der Waals surface area (Å²) in [6.45, 7) is 3.58. The monoisotopic (exact) mass is 198 g/mol. The van der Waals surface area contributed by atoms with E-state index in [0.29, 0.717) is 18.7 Å². The number of hydrogen-bond acceptors (Lipinski definition) is 4. The molecule has 1 amide bonds. The van der Waals surface area contributed by atoms with Crippen molar-refractivity contribution in [3.05, 3.63) is 18.4 Å². The third-order valence-electron chi connectivity index (χ3n) is 1.80. The van der Waals surface area contributed by atoms with Crippen LogP contribution < -0.4 is 5.73 Å². The van der Waals surface area contributed by atoms with Gasteiger partial charge < -0.3 is 14.9 Å². The van der Waals surface area contributed by atoms with Crippen molar-refractivity contribution in [2.45, 2.75) is 32.3 Å². The highest BCUT2D eigenvalue weighted by Gasteiger charge is 2.22. The number of aromatic nitrogens is 1. The van der Waals surface area contributed by atoms with E-state index in [9.17, 15) is 4.79 Å². The fraction of sp³-hybridized carbons (Fsp3) is 0.556. The Bertz CT molecular complexity index is 293. The summed E-state index contributed by atoms with van der Waals surface area (Å²) in [4.78, 5) is 14.5. The number of aryl methyl sites for hydroxylation is 1. The van der Waals surface area contributed by atoms with Crippen molar-refractivity contribution in [2.75, 3.05) is 0 Å². The molecule has 0 aliphatic rings. The van der Waals surface area contributed by atoms with Crippen molar-refractivity contribution in [2.24, 2.45) is 5.73 Å². The molecule has 1 rings (SSSR count). The summed E-state index contributed by atoms with van der Waals surface area (Å²) >= 11 is 0. The standard InChI is InChI=1S/C9H14N2O3/c1-9(2,14-8(10)12)4-3-7-11-5-6-13-7/h5-6H,3-4H2,1-2H3,(H2,10,12). The van der Waals surface area contributed by atoms with Gasteiger partial charge in [-0.15, -0.1) is 0 Å². The molecule has 0 spiro atoms. The number of oxazole rings is 1. The van der Waals surface area contributed by atoms with E-state index >= 15 is 0 Å². The summed E-state index contributed by atoms with van der Waals surface area (Å²) < 4.78 is 9.96. The lowest BCUT2D eigenvalue weighted by atomic mass is 10.0. The molecule has 0 aromatic carbocycles. The van der Waals surface area contributed by atoms with Crippen LogP contribution in [0, 0.1) is 0 Å². The number of nitrogens with two attached hydrogens (primary N) is 1. The highest BCUT2D eigenvalue weighted by Crippen LogP contribution is 2.16. The summed E-state index contributed by atoms with van der Waals surface area (Å²) in [6.07, 6.45) is 3.57. The van der Waals surface area contributed by atoms with E-state index < -0.39 is 11.7 Å². The van der Waals surface area contributed by atoms with Crippen LogP contribution in [0.1, 0.15) is 26.2 Å². The van der Waals surface area contributed by atoms with Crippen LogP contribution in [0.4, 0.5) is 4.79 Å². The molecule has 1 heterocycles. The van der Waals surface area contributed by atoms with Gasteiger partial charge in [0.2, 0.25) is 0 Å². The second-order valence-corrected chi connectivity index (χ2v) is 3.61. The van der Waals surface area contributed by atoms with Crippen LogP contribution in [-0.2, 0) is 11.2 Å². The van der Waals surface area contributed by atoms with Crippen LogP contribution in [0.15, 0.2) is 16.9 Å². The SMILES string of the molecule is CC(C)(CCc1ncco1)OC(N)=O. The van der Waals surface area contributed by atoms with Crippen LogP contribution in [0.3, 0.4) is 0 Å². The average Bonchev–Trinajstić information content (AvgIpc) is 2.50. The molecule has 0 aliphatic carbocycles. The average molecular weight is 198 g/mol. The quantitative estimate of drug-likeness (QED) is 0.794. The number of nitrogens with zero attached hydrogens (tertiary/aromatic N) is 1. The summed E-state index contributed by atoms with van der Waals surface area (Å²) in [5.74, 6) is 0.631. The van der Waals surface area contributed by atoms with Gasteiger partial charge in [0.15, 0.2) is 5.89 Å². The first-order valence-electron chi connectivity index (χ1n) is 4.36. The Labute approximate surface area is 82.2 Å². The third kappa shape index (κ3) is 3.47. The topological polar surface area (TPSA) is 78.3 Å². The largest absolute Gasteiger partial charge is 0.449 e. The van der Waals surface area contributed by atoms with Gasteiger partial charge in [0.1, 0.15) is 11.9 Å². The molecule has 0 radical (unpaired) electrons. The van der Waals surface area contributed by atoms with Gasteiger partial charge >= 0.3 is 6.09 Å². The van der Waals surface area contributed by atoms with Crippen LogP contribution in [0.25, 0.3) is 0 Å². The van der Waals surface area contributed by atoms with Gasteiger partial charge in [-0.1, -0.05) is 0 Å². The van der Waals surface area contributed by atoms with Crippen molar-refractivity contribution in [1.29, 1.82) is 0 Å². The fourth-order valence-electron chi connectivity index (χ4n) is 1.11. The zero-order valence-corrected chi connectivity index (χ0v) is 8.32. The highest BCUT2D eigenvalue weighted by atomic mass is 16.6. The second kappa shape index (κ2) is 4.13. The Morgan fingerprint density at radius 1 is 1.71 bits per heavy atom. The van der Waals surface area contributed by atoms with E-state index in [4.69, 9.17) is 14.9 Å². The normalized spacial score (nSPS) is 11.3. The maximum Gasteiger partial charge on any atom is 0.405 e. The van der Waals surface area contributed by atoms with Crippen LogP contribution >= 0.6 is 0 Å². The molecule has 0 unspecified atom stereocenters. The molecular weight excluding hydrogens is 184 g/mol. The Kier molecular flexibility index (Phi) is 3.11. The third-order valence-corrected chi connectivity index (χ3v) is 1.80. The first-order valence-corrected chi connectivity index (χ1v) is 4.36. The molecule has 14 heavy (non-hydrogen) atoms. The number of amides is 1. The van der Waals surface area contributed by atoms with E-state index in [0.717, 1.165) is 0 Å². The first-order chi connectivity index (χ1) is 6.49. The van der Waals surface area contributed by atoms with Crippen molar-refractivity contribution >= 4 is 6.09 Å². The zero-order valence-electron chi connectivity index (χ0n) is 8.32. The van der Waals surface area contributed by atoms with Crippen LogP contribution in [0.2, 0.25) is 0 Å². The van der Waals surface area contributed by atoms with E-state index in [2.05, 4.69) is 4.98 Å². The van der Waals surface area contributed by atoms with Gasteiger partial charge in [0.25, 0.3) is 0 Å². The van der Waals surface area contributed by atoms with E-state index in [1.54, 1.807) is 20.0 Å². The molecule has 5 heteroatoms. The Morgan fingerprint density at radius 3 is 2.93 bits per heavy atom. The van der Waals surface area contributed by atoms with Gasteiger partial charge in [-0.2, -0.15) is 0 Å². The molecule has 0 atom stereocenters. The van der Waals surface area contributed by atoms with Crippen molar-refractivity contribution in [3.8, 4) is 0 Å². The molecule has 0 saturated heterocycles. The molecule has 1 aromatic rings. The van der Waals surface area contributed by atoms with Gasteiger partial charge in [0, 0.05) is 6.42 Å². The van der Waals surface area contributed by atoms with Crippen molar-refractivity contribution < 1.29 is 13.9 Å². The number of hydrogen-bond donors (Lipinski definition) is 1. The van der Waals surface area contributed by atoms with Crippen molar-refractivity contribution in [3.63, 3.8) is 0 Å². The van der Waals surface area contributed by atoms with Gasteiger partial charge in [-0.05, 0) is 20.3 Å². The fourth-order valence-corrected chi connectivity index (χ4v) is 1.11. The Morgan fingerprint density at radius 2 is 2.43 bits per heavy atom. The lowest BCUT2D eigenvalue weighted by Gasteiger charge is -2.22. The Hall–Kier alpha value is -1.52. The van der Waals surface area contributed by atoms with Crippen LogP contribution in [0.5, 0.6) is 0 Å². The molecular formula is C9H14N2O3. The maximum atomic E-state index is 10.5. The minimum atomic E-state index is -0.762. The highest BCUT2D eigenvalue weighted by molar-refractivity contribution is 5.65. The molecule has 0 saturated carbocycles. The van der Waals surface area contributed by atoms with Gasteiger partial charge in [-0.3, -0.25) is 0 Å². The second-order valence-electron chi connectivity index (χ2n) is 3.61. The molecule has 78 valence electrons. The smallest absolute Gasteiger partial charge is 0.405 e. The Balaban J connectivity index is 2.40. The predicted molar refractivity (Wildman–Crippen MR) is 49.6 cm³/mol. The molecule has 0 bridgehead atoms. The first kappa shape index (κ1) is 10.6. The zero-order chi connectivity index (χ0) is 10.6. The van der Waals surface area contributed by atoms with Crippen molar-refractivity contribution in [1.82, 2.24) is 4.98 Å². The maximum absolute atomic E-state index is 10.5. The van der Waals surface area contributed by atoms with E-state index in [-0.39, 0.29) is 0 Å². The number of primary amides is 1. The molecule has 0 fully saturated rings.